The lowest BCUT2D eigenvalue weighted by atomic mass is 10.0. The van der Waals surface area contributed by atoms with Gasteiger partial charge in [0.15, 0.2) is 0 Å². The molecule has 1 aromatic rings. The summed E-state index contributed by atoms with van der Waals surface area (Å²) in [5.74, 6) is 3.95. The molecule has 1 saturated heterocycles. The number of carbonyl (C=O) groups excluding carboxylic acids is 5. The lowest BCUT2D eigenvalue weighted by Gasteiger charge is -2.26. The van der Waals surface area contributed by atoms with Gasteiger partial charge >= 0.3 is 6.09 Å². The smallest absolute Gasteiger partial charge is 0.407 e. The lowest BCUT2D eigenvalue weighted by molar-refractivity contribution is -0.134. The van der Waals surface area contributed by atoms with Crippen LogP contribution in [0.2, 0.25) is 0 Å². The molecule has 0 spiro atoms. The molecule has 0 radical (unpaired) electrons. The highest BCUT2D eigenvalue weighted by Gasteiger charge is 2.31. The molecule has 1 aliphatic rings. The number of phenolic OH excluding ortho intramolecular Hbond substituents is 1. The normalized spacial score (nSPS) is 16.5. The van der Waals surface area contributed by atoms with E-state index in [1.807, 2.05) is 6.26 Å². The van der Waals surface area contributed by atoms with Gasteiger partial charge in [0.05, 0.1) is 6.04 Å². The minimum atomic E-state index is -1.05. The average molecular weight is 652 g/mol. The molecule has 1 heterocycles. The maximum atomic E-state index is 13.7. The summed E-state index contributed by atoms with van der Waals surface area (Å²) in [6.45, 7) is 6.27. The Balaban J connectivity index is 2.18. The molecule has 0 aromatic heterocycles. The van der Waals surface area contributed by atoms with E-state index in [1.54, 1.807) is 32.9 Å². The number of amides is 5. The van der Waals surface area contributed by atoms with Crippen LogP contribution in [0.3, 0.4) is 0 Å². The third-order valence-corrected chi connectivity index (χ3v) is 7.64. The summed E-state index contributed by atoms with van der Waals surface area (Å²) in [6.07, 6.45) is 4.35. The average Bonchev–Trinajstić information content (AvgIpc) is 3.53. The third kappa shape index (κ3) is 14.4. The molecule has 252 valence electrons. The van der Waals surface area contributed by atoms with E-state index in [2.05, 4.69) is 32.0 Å². The van der Waals surface area contributed by atoms with Gasteiger partial charge in [-0.05, 0) is 95.5 Å². The van der Waals surface area contributed by atoms with E-state index in [-0.39, 0.29) is 31.0 Å². The lowest BCUT2D eigenvalue weighted by Crippen LogP contribution is -2.58. The van der Waals surface area contributed by atoms with Crippen LogP contribution in [0.5, 0.6) is 5.75 Å². The van der Waals surface area contributed by atoms with Gasteiger partial charge in [0.1, 0.15) is 29.5 Å². The zero-order valence-electron chi connectivity index (χ0n) is 26.6. The van der Waals surface area contributed by atoms with Gasteiger partial charge in [-0.3, -0.25) is 24.6 Å². The predicted molar refractivity (Wildman–Crippen MR) is 172 cm³/mol. The first-order valence-electron chi connectivity index (χ1n) is 15.2. The van der Waals surface area contributed by atoms with Crippen molar-refractivity contribution in [2.24, 2.45) is 5.84 Å². The maximum Gasteiger partial charge on any atom is 0.407 e. The molecule has 15 heteroatoms. The molecule has 14 nitrogen and oxygen atoms in total. The van der Waals surface area contributed by atoms with Gasteiger partial charge in [0.2, 0.25) is 17.7 Å². The van der Waals surface area contributed by atoms with E-state index in [4.69, 9.17) is 10.6 Å². The van der Waals surface area contributed by atoms with Crippen LogP contribution >= 0.6 is 11.8 Å². The molecule has 0 aliphatic carbocycles. The van der Waals surface area contributed by atoms with Gasteiger partial charge in [-0.2, -0.15) is 11.8 Å². The number of unbranched alkanes of at least 4 members (excludes halogenated alkanes) is 1. The summed E-state index contributed by atoms with van der Waals surface area (Å²) in [5.41, 5.74) is 2.12. The summed E-state index contributed by atoms with van der Waals surface area (Å²) in [5, 5.41) is 23.8. The van der Waals surface area contributed by atoms with Crippen molar-refractivity contribution in [2.45, 2.75) is 95.5 Å². The minimum absolute atomic E-state index is 0.0642. The Kier molecular flexibility index (Phi) is 15.9. The van der Waals surface area contributed by atoms with Crippen molar-refractivity contribution in [1.82, 2.24) is 32.0 Å². The molecule has 0 saturated carbocycles. The Labute approximate surface area is 269 Å². The molecule has 1 fully saturated rings. The second-order valence-corrected chi connectivity index (χ2v) is 12.9. The molecule has 4 atom stereocenters. The number of aromatic hydroxyl groups is 1. The third-order valence-electron chi connectivity index (χ3n) is 6.99. The van der Waals surface area contributed by atoms with Crippen LogP contribution in [-0.4, -0.2) is 89.7 Å². The van der Waals surface area contributed by atoms with Crippen molar-refractivity contribution in [2.75, 3.05) is 25.1 Å². The highest BCUT2D eigenvalue weighted by Crippen LogP contribution is 2.14. The first-order chi connectivity index (χ1) is 21.3. The van der Waals surface area contributed by atoms with E-state index >= 15 is 0 Å². The first kappa shape index (κ1) is 37.6. The second kappa shape index (κ2) is 19.1. The number of hydrogen-bond donors (Lipinski definition) is 8. The highest BCUT2D eigenvalue weighted by atomic mass is 32.2. The van der Waals surface area contributed by atoms with Gasteiger partial charge in [-0.1, -0.05) is 12.1 Å². The number of nitrogens with one attached hydrogen (secondary N) is 6. The number of phenols is 1. The fourth-order valence-corrected chi connectivity index (χ4v) is 5.13. The summed E-state index contributed by atoms with van der Waals surface area (Å²) < 4.78 is 5.24. The molecule has 2 rings (SSSR count). The molecule has 1 aliphatic heterocycles. The minimum Gasteiger partial charge on any atom is -0.508 e. The zero-order valence-corrected chi connectivity index (χ0v) is 27.4. The number of hydrogen-bond acceptors (Lipinski definition) is 10. The molecule has 0 bridgehead atoms. The van der Waals surface area contributed by atoms with Crippen LogP contribution in [0.1, 0.15) is 64.9 Å². The Hall–Kier alpha value is -3.56. The summed E-state index contributed by atoms with van der Waals surface area (Å²) in [7, 11) is 0. The molecule has 1 aromatic carbocycles. The van der Waals surface area contributed by atoms with Gasteiger partial charge in [-0.25, -0.2) is 10.6 Å². The van der Waals surface area contributed by atoms with Crippen LogP contribution in [0.4, 0.5) is 4.79 Å². The van der Waals surface area contributed by atoms with Crippen LogP contribution in [0.25, 0.3) is 0 Å². The fourth-order valence-electron chi connectivity index (χ4n) is 4.65. The number of nitrogens with two attached hydrogens (primary N) is 1. The number of hydrazine groups is 1. The fraction of sp³-hybridized carbons (Fsp3) is 0.633. The van der Waals surface area contributed by atoms with Crippen molar-refractivity contribution in [3.63, 3.8) is 0 Å². The van der Waals surface area contributed by atoms with Crippen molar-refractivity contribution >= 4 is 41.5 Å². The van der Waals surface area contributed by atoms with Crippen LogP contribution in [0, 0.1) is 0 Å². The zero-order chi connectivity index (χ0) is 33.4. The van der Waals surface area contributed by atoms with Gasteiger partial charge in [0.25, 0.3) is 5.91 Å². The van der Waals surface area contributed by atoms with Crippen molar-refractivity contribution in [1.29, 1.82) is 0 Å². The standard InChI is InChI=1S/C30H49N7O7S/c1-30(2,3)44-29(43)33-15-6-5-8-22(26(40)35-23(14-17-45-4)28(42)37-31)34-27(41)24(18-19-10-12-20(38)13-11-19)36-25(39)21-9-7-16-32-21/h10-13,21-24,32,38H,5-9,14-18,31H2,1-4H3,(H,33,43)(H,34,41)(H,35,40)(H,36,39)(H,37,42)/t21-,22-,23-,24-/m0/s1. The number of carbonyl (C=O) groups is 5. The second-order valence-electron chi connectivity index (χ2n) is 11.9. The van der Waals surface area contributed by atoms with Crippen molar-refractivity contribution in [3.8, 4) is 5.75 Å². The topological polar surface area (TPSA) is 213 Å². The Bertz CT molecular complexity index is 1120. The molecule has 9 N–H and O–H groups in total. The largest absolute Gasteiger partial charge is 0.508 e. The van der Waals surface area contributed by atoms with E-state index in [0.29, 0.717) is 43.5 Å². The number of thioether (sulfide) groups is 1. The molecule has 45 heavy (non-hydrogen) atoms. The van der Waals surface area contributed by atoms with Gasteiger partial charge < -0.3 is 36.4 Å². The number of rotatable bonds is 17. The Morgan fingerprint density at radius 2 is 1.62 bits per heavy atom. The number of ether oxygens (including phenoxy) is 1. The van der Waals surface area contributed by atoms with E-state index in [0.717, 1.165) is 6.42 Å². The quantitative estimate of drug-likeness (QED) is 0.0508. The van der Waals surface area contributed by atoms with E-state index in [9.17, 15) is 29.1 Å². The molecular weight excluding hydrogens is 602 g/mol. The number of benzene rings is 1. The number of alkyl carbamates (subject to hydrolysis) is 1. The first-order valence-corrected chi connectivity index (χ1v) is 16.6. The monoisotopic (exact) mass is 651 g/mol. The van der Waals surface area contributed by atoms with Crippen LogP contribution in [-0.2, 0) is 30.3 Å². The Morgan fingerprint density at radius 3 is 2.20 bits per heavy atom. The van der Waals surface area contributed by atoms with Crippen LogP contribution in [0.15, 0.2) is 24.3 Å². The van der Waals surface area contributed by atoms with E-state index < -0.39 is 53.6 Å². The summed E-state index contributed by atoms with van der Waals surface area (Å²) >= 11 is 1.50. The van der Waals surface area contributed by atoms with Gasteiger partial charge in [0, 0.05) is 13.0 Å². The van der Waals surface area contributed by atoms with Crippen molar-refractivity contribution < 1.29 is 33.8 Å². The van der Waals surface area contributed by atoms with Gasteiger partial charge in [-0.15, -0.1) is 0 Å². The van der Waals surface area contributed by atoms with Crippen molar-refractivity contribution in [3.05, 3.63) is 29.8 Å². The molecule has 0 unspecified atom stereocenters. The highest BCUT2D eigenvalue weighted by molar-refractivity contribution is 7.98. The van der Waals surface area contributed by atoms with Crippen LogP contribution < -0.4 is 37.9 Å². The Morgan fingerprint density at radius 1 is 0.978 bits per heavy atom. The maximum absolute atomic E-state index is 13.7. The SMILES string of the molecule is CSCC[C@H](NC(=O)[C@H](CCCCNC(=O)OC(C)(C)C)NC(=O)[C@H](Cc1ccc(O)cc1)NC(=O)[C@@H]1CCCN1)C(=O)NN. The summed E-state index contributed by atoms with van der Waals surface area (Å²) in [6, 6.07) is 2.87. The molecule has 5 amide bonds. The predicted octanol–water partition coefficient (Wildman–Crippen LogP) is 0.579. The van der Waals surface area contributed by atoms with E-state index in [1.165, 1.54) is 23.9 Å². The summed E-state index contributed by atoms with van der Waals surface area (Å²) in [4.78, 5) is 64.5. The molecular formula is C30H49N7O7S.